The average molecular weight is 460 g/mol. The van der Waals surface area contributed by atoms with Gasteiger partial charge in [-0.05, 0) is 38.3 Å². The molecule has 0 aliphatic heterocycles. The standard InChI is InChI=1S/C16H25IN6O2/c1-19-14(11-12-7-3-2-4-8-12)15(24)21-13(16(25)22-17)9-5-6-10-20-23-18/h2-4,7-8,13-14,19H,5-6,9-11H2,1H3,(H2,18,20)(H,21,24)(H,22,25)/t13-,14-/m0/s1. The summed E-state index contributed by atoms with van der Waals surface area (Å²) in [6.07, 6.45) is 2.57. The van der Waals surface area contributed by atoms with E-state index in [9.17, 15) is 9.59 Å². The number of hydrogen-bond donors (Lipinski definition) is 4. The number of unbranched alkanes of at least 4 members (excludes halogenated alkanes) is 1. The Bertz CT molecular complexity index is 555. The van der Waals surface area contributed by atoms with Gasteiger partial charge >= 0.3 is 0 Å². The van der Waals surface area contributed by atoms with Crippen LogP contribution in [0, 0.1) is 0 Å². The number of benzene rings is 1. The third-order valence-electron chi connectivity index (χ3n) is 3.76. The van der Waals surface area contributed by atoms with Crippen molar-refractivity contribution in [1.29, 1.82) is 0 Å². The summed E-state index contributed by atoms with van der Waals surface area (Å²) in [5, 5.41) is 12.7. The van der Waals surface area contributed by atoms with E-state index < -0.39 is 12.1 Å². The van der Waals surface area contributed by atoms with Crippen molar-refractivity contribution in [2.24, 2.45) is 16.2 Å². The summed E-state index contributed by atoms with van der Waals surface area (Å²) in [7, 11) is 1.73. The van der Waals surface area contributed by atoms with Gasteiger partial charge in [0.05, 0.1) is 35.5 Å². The van der Waals surface area contributed by atoms with Crippen LogP contribution in [0.5, 0.6) is 0 Å². The highest BCUT2D eigenvalue weighted by Gasteiger charge is 2.24. The van der Waals surface area contributed by atoms with Crippen LogP contribution in [0.3, 0.4) is 0 Å². The summed E-state index contributed by atoms with van der Waals surface area (Å²) in [5.74, 6) is 4.53. The molecular formula is C16H25IN6O2. The fourth-order valence-corrected chi connectivity index (χ4v) is 2.75. The fourth-order valence-electron chi connectivity index (χ4n) is 2.37. The minimum atomic E-state index is -0.578. The molecule has 25 heavy (non-hydrogen) atoms. The van der Waals surface area contributed by atoms with E-state index in [1.54, 1.807) is 29.9 Å². The van der Waals surface area contributed by atoms with Crippen LogP contribution >= 0.6 is 22.9 Å². The topological polar surface area (TPSA) is 121 Å². The number of carbonyl (C=O) groups excluding carboxylic acids is 2. The molecule has 0 aliphatic rings. The van der Waals surface area contributed by atoms with Gasteiger partial charge < -0.3 is 16.5 Å². The van der Waals surface area contributed by atoms with Crippen LogP contribution in [-0.2, 0) is 16.0 Å². The summed E-state index contributed by atoms with van der Waals surface area (Å²) < 4.78 is 2.56. The molecule has 2 amide bonds. The predicted molar refractivity (Wildman–Crippen MR) is 105 cm³/mol. The van der Waals surface area contributed by atoms with Crippen molar-refractivity contribution >= 4 is 34.7 Å². The van der Waals surface area contributed by atoms with Gasteiger partial charge in [0.25, 0.3) is 5.91 Å². The van der Waals surface area contributed by atoms with Gasteiger partial charge in [-0.15, -0.1) is 0 Å². The molecule has 0 aromatic heterocycles. The zero-order valence-electron chi connectivity index (χ0n) is 14.2. The van der Waals surface area contributed by atoms with E-state index in [1.165, 1.54) is 0 Å². The summed E-state index contributed by atoms with van der Waals surface area (Å²) in [6, 6.07) is 8.76. The molecule has 0 unspecified atom stereocenters. The summed E-state index contributed by atoms with van der Waals surface area (Å²) in [5.41, 5.74) is 1.05. The van der Waals surface area contributed by atoms with Gasteiger partial charge in [0.1, 0.15) is 6.04 Å². The molecular weight excluding hydrogens is 435 g/mol. The van der Waals surface area contributed by atoms with Crippen molar-refractivity contribution in [3.63, 3.8) is 0 Å². The maximum atomic E-state index is 12.5. The second kappa shape index (κ2) is 12.6. The molecule has 1 aromatic rings. The van der Waals surface area contributed by atoms with Gasteiger partial charge in [-0.1, -0.05) is 35.6 Å². The lowest BCUT2D eigenvalue weighted by atomic mass is 10.0. The first-order chi connectivity index (χ1) is 12.1. The minimum absolute atomic E-state index is 0.196. The third-order valence-corrected chi connectivity index (χ3v) is 4.29. The largest absolute Gasteiger partial charge is 0.343 e. The van der Waals surface area contributed by atoms with Crippen molar-refractivity contribution in [1.82, 2.24) is 14.2 Å². The second-order valence-corrected chi connectivity index (χ2v) is 6.07. The van der Waals surface area contributed by atoms with Gasteiger partial charge in [0, 0.05) is 0 Å². The summed E-state index contributed by atoms with van der Waals surface area (Å²) in [6.45, 7) is 0.510. The summed E-state index contributed by atoms with van der Waals surface area (Å²) in [4.78, 5) is 24.6. The molecule has 0 fully saturated rings. The van der Waals surface area contributed by atoms with E-state index in [0.29, 0.717) is 19.4 Å². The molecule has 138 valence electrons. The van der Waals surface area contributed by atoms with E-state index in [-0.39, 0.29) is 11.8 Å². The zero-order valence-corrected chi connectivity index (χ0v) is 16.4. The maximum Gasteiger partial charge on any atom is 0.251 e. The SMILES string of the molecule is CN[C@@H](Cc1ccccc1)C(=O)N[C@@H](CCCCN=NN)C(=O)NI. The van der Waals surface area contributed by atoms with Crippen LogP contribution in [0.25, 0.3) is 0 Å². The Balaban J connectivity index is 2.60. The molecule has 0 spiro atoms. The molecule has 0 heterocycles. The minimum Gasteiger partial charge on any atom is -0.343 e. The van der Waals surface area contributed by atoms with Crippen LogP contribution in [0.1, 0.15) is 24.8 Å². The summed E-state index contributed by atoms with van der Waals surface area (Å²) >= 11 is 1.78. The first-order valence-electron chi connectivity index (χ1n) is 8.11. The van der Waals surface area contributed by atoms with Crippen LogP contribution in [0.15, 0.2) is 40.7 Å². The molecule has 9 heteroatoms. The lowest BCUT2D eigenvalue weighted by Gasteiger charge is -2.21. The molecule has 0 saturated carbocycles. The number of nitrogens with one attached hydrogen (secondary N) is 3. The molecule has 8 nitrogen and oxygen atoms in total. The molecule has 2 atom stereocenters. The van der Waals surface area contributed by atoms with Gasteiger partial charge in [0.2, 0.25) is 5.91 Å². The Morgan fingerprint density at radius 1 is 1.16 bits per heavy atom. The Kier molecular flexibility index (Phi) is 10.7. The third kappa shape index (κ3) is 8.25. The maximum absolute atomic E-state index is 12.5. The number of halogens is 1. The monoisotopic (exact) mass is 460 g/mol. The molecule has 5 N–H and O–H groups in total. The molecule has 0 bridgehead atoms. The lowest BCUT2D eigenvalue weighted by Crippen LogP contribution is -2.51. The molecule has 1 aromatic carbocycles. The number of amides is 2. The Morgan fingerprint density at radius 3 is 2.48 bits per heavy atom. The average Bonchev–Trinajstić information content (AvgIpc) is 2.64. The molecule has 1 rings (SSSR count). The van der Waals surface area contributed by atoms with Crippen LogP contribution in [0.4, 0.5) is 0 Å². The number of rotatable bonds is 11. The molecule has 0 aliphatic carbocycles. The van der Waals surface area contributed by atoms with Crippen molar-refractivity contribution in [3.05, 3.63) is 35.9 Å². The number of nitrogens with two attached hydrogens (primary N) is 1. The molecule has 0 radical (unpaired) electrons. The first kappa shape index (κ1) is 21.3. The molecule has 0 saturated heterocycles. The van der Waals surface area contributed by atoms with E-state index in [1.807, 2.05) is 30.3 Å². The van der Waals surface area contributed by atoms with Crippen molar-refractivity contribution in [2.45, 2.75) is 37.8 Å². The first-order valence-corrected chi connectivity index (χ1v) is 9.19. The lowest BCUT2D eigenvalue weighted by molar-refractivity contribution is -0.129. The number of hydrogen-bond acceptors (Lipinski definition) is 5. The van der Waals surface area contributed by atoms with E-state index in [4.69, 9.17) is 5.84 Å². The van der Waals surface area contributed by atoms with Gasteiger partial charge in [-0.2, -0.15) is 5.11 Å². The van der Waals surface area contributed by atoms with Crippen LogP contribution in [-0.4, -0.2) is 37.5 Å². The predicted octanol–water partition coefficient (Wildman–Crippen LogP) is 1.26. The number of carbonyl (C=O) groups is 2. The van der Waals surface area contributed by atoms with E-state index in [2.05, 4.69) is 24.5 Å². The van der Waals surface area contributed by atoms with Crippen LogP contribution < -0.4 is 20.0 Å². The van der Waals surface area contributed by atoms with Crippen molar-refractivity contribution in [3.8, 4) is 0 Å². The highest BCUT2D eigenvalue weighted by Crippen LogP contribution is 2.06. The van der Waals surface area contributed by atoms with Crippen molar-refractivity contribution < 1.29 is 9.59 Å². The van der Waals surface area contributed by atoms with Gasteiger partial charge in [-0.3, -0.25) is 13.1 Å². The Labute approximate surface area is 161 Å². The fraction of sp³-hybridized carbons (Fsp3) is 0.500. The number of likely N-dealkylation sites (N-methyl/N-ethyl adjacent to an activating group) is 1. The Hall–Kier alpha value is -1.75. The van der Waals surface area contributed by atoms with Crippen LogP contribution in [0.2, 0.25) is 0 Å². The van der Waals surface area contributed by atoms with Gasteiger partial charge in [-0.25, -0.2) is 0 Å². The quantitative estimate of drug-likeness (QED) is 0.0993. The smallest absolute Gasteiger partial charge is 0.251 e. The second-order valence-electron chi connectivity index (χ2n) is 5.53. The highest BCUT2D eigenvalue weighted by molar-refractivity contribution is 14.1. The van der Waals surface area contributed by atoms with Crippen molar-refractivity contribution in [2.75, 3.05) is 13.6 Å². The highest BCUT2D eigenvalue weighted by atomic mass is 127. The normalized spacial score (nSPS) is 13.4. The van der Waals surface area contributed by atoms with E-state index in [0.717, 1.165) is 18.4 Å². The zero-order chi connectivity index (χ0) is 18.5. The van der Waals surface area contributed by atoms with Gasteiger partial charge in [0.15, 0.2) is 0 Å². The Morgan fingerprint density at radius 2 is 1.88 bits per heavy atom. The number of nitrogens with zero attached hydrogens (tertiary/aromatic N) is 2. The van der Waals surface area contributed by atoms with E-state index >= 15 is 0 Å².